The highest BCUT2D eigenvalue weighted by Gasteiger charge is 2.29. The van der Waals surface area contributed by atoms with Crippen LogP contribution in [0.5, 0.6) is 0 Å². The summed E-state index contributed by atoms with van der Waals surface area (Å²) in [6.45, 7) is 3.43. The molecule has 0 bridgehead atoms. The molecule has 160 valence electrons. The van der Waals surface area contributed by atoms with E-state index in [1.54, 1.807) is 0 Å². The largest absolute Gasteiger partial charge is 0.335 e. The molecule has 0 radical (unpaired) electrons. The number of carbonyl (C=O) groups excluding carboxylic acids is 1. The quantitative estimate of drug-likeness (QED) is 0.619. The zero-order valence-corrected chi connectivity index (χ0v) is 19.0. The number of piperazine rings is 1. The third kappa shape index (κ3) is 5.39. The van der Waals surface area contributed by atoms with E-state index in [0.29, 0.717) is 25.3 Å². The summed E-state index contributed by atoms with van der Waals surface area (Å²) in [5, 5.41) is 2.61. The molecule has 3 aromatic rings. The molecule has 4 rings (SSSR count). The van der Waals surface area contributed by atoms with Crippen LogP contribution in [0.1, 0.15) is 32.7 Å². The zero-order valence-electron chi connectivity index (χ0n) is 16.5. The SMILES string of the molecule is Cl.Cl.NCc1nc(C(=O)N2CCN(C(c3ccccc3)c3ccccc3)CC2)cs1. The predicted molar refractivity (Wildman–Crippen MR) is 127 cm³/mol. The number of aromatic nitrogens is 1. The molecule has 0 aliphatic carbocycles. The van der Waals surface area contributed by atoms with Crippen LogP contribution >= 0.6 is 36.2 Å². The molecule has 2 heterocycles. The standard InChI is InChI=1S/C22H24N4OS.2ClH/c23-15-20-24-19(16-28-20)22(27)26-13-11-25(12-14-26)21(17-7-3-1-4-8-17)18-9-5-2-6-10-18;;/h1-10,16,21H,11-15,23H2;2*1H. The lowest BCUT2D eigenvalue weighted by atomic mass is 9.96. The van der Waals surface area contributed by atoms with Crippen molar-refractivity contribution < 1.29 is 4.79 Å². The van der Waals surface area contributed by atoms with E-state index in [4.69, 9.17) is 5.73 Å². The molecule has 8 heteroatoms. The molecular weight excluding hydrogens is 439 g/mol. The number of thiazole rings is 1. The van der Waals surface area contributed by atoms with Crippen molar-refractivity contribution in [3.63, 3.8) is 0 Å². The van der Waals surface area contributed by atoms with Gasteiger partial charge in [0.15, 0.2) is 0 Å². The summed E-state index contributed by atoms with van der Waals surface area (Å²) in [5.41, 5.74) is 8.69. The second kappa shape index (κ2) is 11.4. The van der Waals surface area contributed by atoms with E-state index < -0.39 is 0 Å². The van der Waals surface area contributed by atoms with E-state index in [2.05, 4.69) is 58.4 Å². The number of benzene rings is 2. The first-order chi connectivity index (χ1) is 13.8. The third-order valence-electron chi connectivity index (χ3n) is 5.14. The Morgan fingerprint density at radius 2 is 1.47 bits per heavy atom. The van der Waals surface area contributed by atoms with Crippen LogP contribution in [0, 0.1) is 0 Å². The van der Waals surface area contributed by atoms with E-state index >= 15 is 0 Å². The number of rotatable bonds is 5. The maximum absolute atomic E-state index is 12.8. The van der Waals surface area contributed by atoms with Crippen molar-refractivity contribution in [1.82, 2.24) is 14.8 Å². The average molecular weight is 465 g/mol. The monoisotopic (exact) mass is 464 g/mol. The summed E-state index contributed by atoms with van der Waals surface area (Å²) in [5.74, 6) is 0.00609. The zero-order chi connectivity index (χ0) is 19.3. The maximum atomic E-state index is 12.8. The number of nitrogens with zero attached hydrogens (tertiary/aromatic N) is 3. The fraction of sp³-hybridized carbons (Fsp3) is 0.273. The number of hydrogen-bond donors (Lipinski definition) is 1. The van der Waals surface area contributed by atoms with E-state index in [0.717, 1.165) is 18.1 Å². The third-order valence-corrected chi connectivity index (χ3v) is 6.01. The Morgan fingerprint density at radius 1 is 0.933 bits per heavy atom. The lowest BCUT2D eigenvalue weighted by Crippen LogP contribution is -2.50. The van der Waals surface area contributed by atoms with Crippen molar-refractivity contribution in [3.05, 3.63) is 87.9 Å². The number of halogens is 2. The van der Waals surface area contributed by atoms with Crippen molar-refractivity contribution in [2.45, 2.75) is 12.6 Å². The lowest BCUT2D eigenvalue weighted by molar-refractivity contribution is 0.0592. The summed E-state index contributed by atoms with van der Waals surface area (Å²) in [6.07, 6.45) is 0. The Kier molecular flexibility index (Phi) is 9.27. The summed E-state index contributed by atoms with van der Waals surface area (Å²) in [4.78, 5) is 21.5. The van der Waals surface area contributed by atoms with Crippen molar-refractivity contribution in [1.29, 1.82) is 0 Å². The Bertz CT molecular complexity index is 876. The predicted octanol–water partition coefficient (Wildman–Crippen LogP) is 3.99. The number of carbonyl (C=O) groups is 1. The Labute approximate surface area is 193 Å². The first-order valence-electron chi connectivity index (χ1n) is 9.54. The fourth-order valence-electron chi connectivity index (χ4n) is 3.73. The van der Waals surface area contributed by atoms with Gasteiger partial charge in [-0.15, -0.1) is 36.2 Å². The molecule has 1 amide bonds. The molecule has 2 N–H and O–H groups in total. The van der Waals surface area contributed by atoms with Gasteiger partial charge in [0, 0.05) is 38.1 Å². The summed E-state index contributed by atoms with van der Waals surface area (Å²) >= 11 is 1.45. The van der Waals surface area contributed by atoms with Gasteiger partial charge in [-0.3, -0.25) is 9.69 Å². The molecule has 30 heavy (non-hydrogen) atoms. The fourth-order valence-corrected chi connectivity index (χ4v) is 4.38. The number of amides is 1. The molecule has 1 aromatic heterocycles. The van der Waals surface area contributed by atoms with Gasteiger partial charge in [-0.25, -0.2) is 4.98 Å². The Balaban J connectivity index is 0.00000160. The number of hydrogen-bond acceptors (Lipinski definition) is 5. The van der Waals surface area contributed by atoms with Crippen LogP contribution in [0.2, 0.25) is 0 Å². The summed E-state index contributed by atoms with van der Waals surface area (Å²) in [6, 6.07) is 21.4. The second-order valence-corrected chi connectivity index (χ2v) is 7.83. The first-order valence-corrected chi connectivity index (χ1v) is 10.4. The van der Waals surface area contributed by atoms with Crippen molar-refractivity contribution in [3.8, 4) is 0 Å². The maximum Gasteiger partial charge on any atom is 0.273 e. The molecule has 1 saturated heterocycles. The molecule has 0 saturated carbocycles. The molecule has 1 aliphatic rings. The van der Waals surface area contributed by atoms with Gasteiger partial charge >= 0.3 is 0 Å². The van der Waals surface area contributed by atoms with Crippen LogP contribution in [-0.2, 0) is 6.54 Å². The van der Waals surface area contributed by atoms with Gasteiger partial charge in [0.05, 0.1) is 6.04 Å². The van der Waals surface area contributed by atoms with Crippen LogP contribution in [-0.4, -0.2) is 46.9 Å². The highest BCUT2D eigenvalue weighted by atomic mass is 35.5. The topological polar surface area (TPSA) is 62.5 Å². The van der Waals surface area contributed by atoms with E-state index in [-0.39, 0.29) is 36.8 Å². The molecular formula is C22H26Cl2N4OS. The first kappa shape index (κ1) is 24.3. The van der Waals surface area contributed by atoms with Crippen molar-refractivity contribution in [2.24, 2.45) is 5.73 Å². The molecule has 0 spiro atoms. The minimum absolute atomic E-state index is 0. The van der Waals surface area contributed by atoms with Gasteiger partial charge in [0.1, 0.15) is 10.7 Å². The number of nitrogens with two attached hydrogens (primary N) is 1. The smallest absolute Gasteiger partial charge is 0.273 e. The van der Waals surface area contributed by atoms with Gasteiger partial charge < -0.3 is 10.6 Å². The van der Waals surface area contributed by atoms with Crippen LogP contribution in [0.15, 0.2) is 66.0 Å². The summed E-state index contributed by atoms with van der Waals surface area (Å²) < 4.78 is 0. The van der Waals surface area contributed by atoms with E-state index in [1.165, 1.54) is 22.5 Å². The molecule has 5 nitrogen and oxygen atoms in total. The normalized spacial score (nSPS) is 14.1. The molecule has 2 aromatic carbocycles. The summed E-state index contributed by atoms with van der Waals surface area (Å²) in [7, 11) is 0. The highest BCUT2D eigenvalue weighted by Crippen LogP contribution is 2.29. The molecule has 0 atom stereocenters. The minimum atomic E-state index is 0. The highest BCUT2D eigenvalue weighted by molar-refractivity contribution is 7.09. The lowest BCUT2D eigenvalue weighted by Gasteiger charge is -2.39. The van der Waals surface area contributed by atoms with E-state index in [9.17, 15) is 4.79 Å². The average Bonchev–Trinajstić information content (AvgIpc) is 3.25. The van der Waals surface area contributed by atoms with Gasteiger partial charge in [-0.1, -0.05) is 60.7 Å². The van der Waals surface area contributed by atoms with Gasteiger partial charge in [-0.2, -0.15) is 0 Å². The minimum Gasteiger partial charge on any atom is -0.335 e. The van der Waals surface area contributed by atoms with Crippen molar-refractivity contribution in [2.75, 3.05) is 26.2 Å². The van der Waals surface area contributed by atoms with Crippen LogP contribution in [0.4, 0.5) is 0 Å². The Morgan fingerprint density at radius 3 is 1.93 bits per heavy atom. The van der Waals surface area contributed by atoms with Crippen LogP contribution in [0.3, 0.4) is 0 Å². The second-order valence-electron chi connectivity index (χ2n) is 6.88. The van der Waals surface area contributed by atoms with Gasteiger partial charge in [0.2, 0.25) is 0 Å². The molecule has 1 fully saturated rings. The van der Waals surface area contributed by atoms with Crippen molar-refractivity contribution >= 4 is 42.1 Å². The Hall–Kier alpha value is -1.96. The molecule has 0 unspecified atom stereocenters. The van der Waals surface area contributed by atoms with Crippen LogP contribution < -0.4 is 5.73 Å². The van der Waals surface area contributed by atoms with Gasteiger partial charge in [-0.05, 0) is 11.1 Å². The molecule has 1 aliphatic heterocycles. The van der Waals surface area contributed by atoms with E-state index in [1.807, 2.05) is 22.4 Å². The van der Waals surface area contributed by atoms with Crippen LogP contribution in [0.25, 0.3) is 0 Å². The van der Waals surface area contributed by atoms with Gasteiger partial charge in [0.25, 0.3) is 5.91 Å².